The smallest absolute Gasteiger partial charge is 0.322 e. The molecular formula is C15H18N2O2. The Morgan fingerprint density at radius 1 is 1.42 bits per heavy atom. The molecule has 0 aromatic heterocycles. The molecule has 1 aromatic rings. The third-order valence-corrected chi connectivity index (χ3v) is 2.99. The lowest BCUT2D eigenvalue weighted by Gasteiger charge is -2.35. The van der Waals surface area contributed by atoms with Gasteiger partial charge in [0.15, 0.2) is 0 Å². The van der Waals surface area contributed by atoms with Crippen LogP contribution in [0.2, 0.25) is 0 Å². The minimum atomic E-state index is -0.115. The maximum Gasteiger partial charge on any atom is 0.322 e. The van der Waals surface area contributed by atoms with Crippen LogP contribution in [0.1, 0.15) is 19.4 Å². The number of nitrogens with zero attached hydrogens (tertiary/aromatic N) is 1. The van der Waals surface area contributed by atoms with Crippen LogP contribution in [-0.4, -0.2) is 36.2 Å². The standard InChI is InChI=1S/C15H18N2O2/c1-4-13-6-5-7-14(8-13)16-15(18)17-9-11(2)19-12(3)10-17/h1,5-8,11-12H,9-10H2,2-3H3,(H,16,18). The van der Waals surface area contributed by atoms with Crippen LogP contribution >= 0.6 is 0 Å². The van der Waals surface area contributed by atoms with Crippen molar-refractivity contribution in [1.29, 1.82) is 0 Å². The zero-order valence-electron chi connectivity index (χ0n) is 11.2. The van der Waals surface area contributed by atoms with Gasteiger partial charge in [-0.3, -0.25) is 0 Å². The Morgan fingerprint density at radius 3 is 2.74 bits per heavy atom. The van der Waals surface area contributed by atoms with Crippen molar-refractivity contribution in [3.63, 3.8) is 0 Å². The van der Waals surface area contributed by atoms with E-state index in [0.717, 1.165) is 5.56 Å². The maximum absolute atomic E-state index is 12.2. The highest BCUT2D eigenvalue weighted by Crippen LogP contribution is 2.14. The van der Waals surface area contributed by atoms with E-state index in [2.05, 4.69) is 11.2 Å². The molecule has 2 atom stereocenters. The number of amides is 2. The number of hydrogen-bond acceptors (Lipinski definition) is 2. The van der Waals surface area contributed by atoms with Crippen molar-refractivity contribution in [3.05, 3.63) is 29.8 Å². The molecule has 1 aliphatic heterocycles. The molecule has 4 nitrogen and oxygen atoms in total. The van der Waals surface area contributed by atoms with Gasteiger partial charge in [-0.2, -0.15) is 0 Å². The molecule has 1 aliphatic rings. The third-order valence-electron chi connectivity index (χ3n) is 2.99. The van der Waals surface area contributed by atoms with Crippen LogP contribution in [-0.2, 0) is 4.74 Å². The Bertz CT molecular complexity index is 497. The molecule has 2 amide bonds. The number of rotatable bonds is 1. The number of terminal acetylenes is 1. The van der Waals surface area contributed by atoms with Crippen molar-refractivity contribution in [1.82, 2.24) is 4.90 Å². The molecular weight excluding hydrogens is 240 g/mol. The lowest BCUT2D eigenvalue weighted by molar-refractivity contribution is -0.0530. The van der Waals surface area contributed by atoms with E-state index in [1.54, 1.807) is 11.0 Å². The first-order chi connectivity index (χ1) is 9.08. The topological polar surface area (TPSA) is 41.6 Å². The van der Waals surface area contributed by atoms with Crippen LogP contribution in [0.5, 0.6) is 0 Å². The molecule has 2 unspecified atom stereocenters. The number of carbonyl (C=O) groups excluding carboxylic acids is 1. The number of benzene rings is 1. The second-order valence-corrected chi connectivity index (χ2v) is 4.82. The van der Waals surface area contributed by atoms with Gasteiger partial charge in [-0.1, -0.05) is 12.0 Å². The summed E-state index contributed by atoms with van der Waals surface area (Å²) in [5.74, 6) is 2.55. The van der Waals surface area contributed by atoms with Gasteiger partial charge < -0.3 is 15.0 Å². The van der Waals surface area contributed by atoms with E-state index in [1.807, 2.05) is 32.0 Å². The highest BCUT2D eigenvalue weighted by molar-refractivity contribution is 5.89. The Kier molecular flexibility index (Phi) is 4.08. The molecule has 1 fully saturated rings. The van der Waals surface area contributed by atoms with Gasteiger partial charge in [0.25, 0.3) is 0 Å². The minimum absolute atomic E-state index is 0.0616. The van der Waals surface area contributed by atoms with E-state index in [-0.39, 0.29) is 18.2 Å². The fraction of sp³-hybridized carbons (Fsp3) is 0.400. The minimum Gasteiger partial charge on any atom is -0.372 e. The summed E-state index contributed by atoms with van der Waals surface area (Å²) in [5.41, 5.74) is 1.47. The molecule has 0 saturated carbocycles. The van der Waals surface area contributed by atoms with E-state index < -0.39 is 0 Å². The van der Waals surface area contributed by atoms with Crippen molar-refractivity contribution in [2.75, 3.05) is 18.4 Å². The number of carbonyl (C=O) groups is 1. The molecule has 2 rings (SSSR count). The van der Waals surface area contributed by atoms with E-state index in [4.69, 9.17) is 11.2 Å². The van der Waals surface area contributed by atoms with Gasteiger partial charge in [-0.25, -0.2) is 4.79 Å². The number of ether oxygens (including phenoxy) is 1. The maximum atomic E-state index is 12.2. The molecule has 0 radical (unpaired) electrons. The lowest BCUT2D eigenvalue weighted by atomic mass is 10.2. The van der Waals surface area contributed by atoms with Crippen LogP contribution in [0, 0.1) is 12.3 Å². The van der Waals surface area contributed by atoms with Crippen LogP contribution in [0.4, 0.5) is 10.5 Å². The van der Waals surface area contributed by atoms with Crippen LogP contribution in [0.25, 0.3) is 0 Å². The summed E-state index contributed by atoms with van der Waals surface area (Å²) in [6.07, 6.45) is 5.46. The first-order valence-electron chi connectivity index (χ1n) is 6.36. The quantitative estimate of drug-likeness (QED) is 0.785. The van der Waals surface area contributed by atoms with Crippen molar-refractivity contribution in [3.8, 4) is 12.3 Å². The first-order valence-corrected chi connectivity index (χ1v) is 6.36. The Labute approximate surface area is 113 Å². The Morgan fingerprint density at radius 2 is 2.11 bits per heavy atom. The monoisotopic (exact) mass is 258 g/mol. The summed E-state index contributed by atoms with van der Waals surface area (Å²) in [7, 11) is 0. The van der Waals surface area contributed by atoms with E-state index >= 15 is 0 Å². The molecule has 0 spiro atoms. The molecule has 19 heavy (non-hydrogen) atoms. The molecule has 100 valence electrons. The average Bonchev–Trinajstić information content (AvgIpc) is 2.37. The number of hydrogen-bond donors (Lipinski definition) is 1. The van der Waals surface area contributed by atoms with Gasteiger partial charge in [-0.15, -0.1) is 6.42 Å². The summed E-state index contributed by atoms with van der Waals surface area (Å²) in [5, 5.41) is 2.86. The average molecular weight is 258 g/mol. The van der Waals surface area contributed by atoms with E-state index in [1.165, 1.54) is 0 Å². The molecule has 1 heterocycles. The number of urea groups is 1. The largest absolute Gasteiger partial charge is 0.372 e. The second-order valence-electron chi connectivity index (χ2n) is 4.82. The molecule has 1 N–H and O–H groups in total. The first kappa shape index (κ1) is 13.4. The van der Waals surface area contributed by atoms with Crippen molar-refractivity contribution < 1.29 is 9.53 Å². The van der Waals surface area contributed by atoms with Crippen LogP contribution in [0.15, 0.2) is 24.3 Å². The zero-order valence-corrected chi connectivity index (χ0v) is 11.2. The predicted octanol–water partition coefficient (Wildman–Crippen LogP) is 2.31. The summed E-state index contributed by atoms with van der Waals surface area (Å²) >= 11 is 0. The summed E-state index contributed by atoms with van der Waals surface area (Å²) in [6, 6.07) is 7.15. The van der Waals surface area contributed by atoms with Gasteiger partial charge >= 0.3 is 6.03 Å². The molecule has 0 bridgehead atoms. The SMILES string of the molecule is C#Cc1cccc(NC(=O)N2CC(C)OC(C)C2)c1. The normalized spacial score (nSPS) is 22.7. The molecule has 1 saturated heterocycles. The van der Waals surface area contributed by atoms with Crippen molar-refractivity contribution in [2.24, 2.45) is 0 Å². The lowest BCUT2D eigenvalue weighted by Crippen LogP contribution is -2.49. The van der Waals surface area contributed by atoms with E-state index in [9.17, 15) is 4.79 Å². The van der Waals surface area contributed by atoms with Gasteiger partial charge in [0.05, 0.1) is 12.2 Å². The third kappa shape index (κ3) is 3.49. The van der Waals surface area contributed by atoms with Gasteiger partial charge in [0.1, 0.15) is 0 Å². The number of nitrogens with one attached hydrogen (secondary N) is 1. The Hall–Kier alpha value is -1.99. The van der Waals surface area contributed by atoms with Crippen molar-refractivity contribution >= 4 is 11.7 Å². The summed E-state index contributed by atoms with van der Waals surface area (Å²) < 4.78 is 5.61. The Balaban J connectivity index is 2.02. The van der Waals surface area contributed by atoms with Gasteiger partial charge in [0, 0.05) is 24.3 Å². The summed E-state index contributed by atoms with van der Waals surface area (Å²) in [6.45, 7) is 5.14. The highest BCUT2D eigenvalue weighted by Gasteiger charge is 2.25. The van der Waals surface area contributed by atoms with E-state index in [0.29, 0.717) is 18.8 Å². The van der Waals surface area contributed by atoms with Crippen LogP contribution in [0.3, 0.4) is 0 Å². The number of anilines is 1. The molecule has 0 aliphatic carbocycles. The molecule has 1 aromatic carbocycles. The fourth-order valence-electron chi connectivity index (χ4n) is 2.23. The van der Waals surface area contributed by atoms with Gasteiger partial charge in [0.2, 0.25) is 0 Å². The predicted molar refractivity (Wildman–Crippen MR) is 75.0 cm³/mol. The fourth-order valence-corrected chi connectivity index (χ4v) is 2.23. The number of morpholine rings is 1. The molecule has 4 heteroatoms. The second kappa shape index (κ2) is 5.77. The zero-order chi connectivity index (χ0) is 13.8. The van der Waals surface area contributed by atoms with Crippen LogP contribution < -0.4 is 5.32 Å². The highest BCUT2D eigenvalue weighted by atomic mass is 16.5. The van der Waals surface area contributed by atoms with Gasteiger partial charge in [-0.05, 0) is 32.0 Å². The van der Waals surface area contributed by atoms with Crippen molar-refractivity contribution in [2.45, 2.75) is 26.1 Å². The summed E-state index contributed by atoms with van der Waals surface area (Å²) in [4.78, 5) is 13.9.